The lowest BCUT2D eigenvalue weighted by Crippen LogP contribution is -2.07. The SMILES string of the molecule is COc1ccc(-c2cnc3c(CCc4ccc(C(=O)C5=CCCC(O)CC5)cc4)nccn23)cc1Cl. The first-order valence-electron chi connectivity index (χ1n) is 12.2. The van der Waals surface area contributed by atoms with Crippen LogP contribution in [-0.4, -0.2) is 38.5 Å². The summed E-state index contributed by atoms with van der Waals surface area (Å²) in [5.74, 6) is 0.694. The van der Waals surface area contributed by atoms with Crippen molar-refractivity contribution in [3.63, 3.8) is 0 Å². The Morgan fingerprint density at radius 3 is 2.75 bits per heavy atom. The number of ketones is 1. The van der Waals surface area contributed by atoms with Crippen LogP contribution < -0.4 is 4.74 Å². The number of carbonyl (C=O) groups is 1. The zero-order valence-electron chi connectivity index (χ0n) is 20.2. The summed E-state index contributed by atoms with van der Waals surface area (Å²) in [5, 5.41) is 10.4. The molecule has 0 saturated carbocycles. The Hall–Kier alpha value is -3.48. The Balaban J connectivity index is 1.30. The average Bonchev–Trinajstić information content (AvgIpc) is 3.22. The number of aromatic nitrogens is 3. The molecule has 0 amide bonds. The van der Waals surface area contributed by atoms with E-state index in [1.165, 1.54) is 0 Å². The molecular weight excluding hydrogens is 474 g/mol. The average molecular weight is 502 g/mol. The second-order valence-corrected chi connectivity index (χ2v) is 9.49. The lowest BCUT2D eigenvalue weighted by Gasteiger charge is -2.09. The van der Waals surface area contributed by atoms with Crippen LogP contribution >= 0.6 is 11.6 Å². The lowest BCUT2D eigenvalue weighted by atomic mass is 9.97. The van der Waals surface area contributed by atoms with E-state index in [9.17, 15) is 9.90 Å². The maximum absolute atomic E-state index is 12.9. The molecule has 0 bridgehead atoms. The smallest absolute Gasteiger partial charge is 0.188 e. The maximum atomic E-state index is 12.9. The number of imidazole rings is 1. The molecule has 0 spiro atoms. The van der Waals surface area contributed by atoms with E-state index in [1.54, 1.807) is 13.3 Å². The van der Waals surface area contributed by atoms with Crippen LogP contribution in [0.5, 0.6) is 5.75 Å². The molecule has 7 heteroatoms. The molecule has 2 aromatic carbocycles. The third kappa shape index (κ3) is 5.06. The van der Waals surface area contributed by atoms with Crippen molar-refractivity contribution >= 4 is 23.0 Å². The molecule has 0 fully saturated rings. The van der Waals surface area contributed by atoms with E-state index in [0.717, 1.165) is 59.4 Å². The number of hydrogen-bond donors (Lipinski definition) is 1. The fourth-order valence-corrected chi connectivity index (χ4v) is 4.94. The Morgan fingerprint density at radius 2 is 1.97 bits per heavy atom. The van der Waals surface area contributed by atoms with Crippen LogP contribution in [0.25, 0.3) is 16.9 Å². The van der Waals surface area contributed by atoms with Gasteiger partial charge in [-0.1, -0.05) is 41.9 Å². The lowest BCUT2D eigenvalue weighted by molar-refractivity contribution is 0.102. The molecular formula is C29H28ClN3O3. The predicted octanol–water partition coefficient (Wildman–Crippen LogP) is 5.89. The van der Waals surface area contributed by atoms with E-state index in [2.05, 4.69) is 9.97 Å². The van der Waals surface area contributed by atoms with Crippen molar-refractivity contribution in [3.8, 4) is 17.0 Å². The highest BCUT2D eigenvalue weighted by Gasteiger charge is 2.17. The Labute approximate surface area is 215 Å². The van der Waals surface area contributed by atoms with Crippen molar-refractivity contribution in [1.29, 1.82) is 0 Å². The summed E-state index contributed by atoms with van der Waals surface area (Å²) in [6.45, 7) is 0. The number of carbonyl (C=O) groups excluding carboxylic acids is 1. The maximum Gasteiger partial charge on any atom is 0.188 e. The summed E-state index contributed by atoms with van der Waals surface area (Å²) in [5.41, 5.74) is 6.24. The van der Waals surface area contributed by atoms with Crippen LogP contribution in [0.2, 0.25) is 5.02 Å². The van der Waals surface area contributed by atoms with Crippen molar-refractivity contribution in [2.75, 3.05) is 7.11 Å². The zero-order chi connectivity index (χ0) is 25.1. The number of nitrogens with zero attached hydrogens (tertiary/aromatic N) is 3. The number of aliphatic hydroxyl groups excluding tert-OH is 1. The minimum Gasteiger partial charge on any atom is -0.495 e. The van der Waals surface area contributed by atoms with Gasteiger partial charge < -0.3 is 9.84 Å². The number of methoxy groups -OCH3 is 1. The summed E-state index contributed by atoms with van der Waals surface area (Å²) >= 11 is 6.33. The second-order valence-electron chi connectivity index (χ2n) is 9.09. The van der Waals surface area contributed by atoms with E-state index < -0.39 is 0 Å². The Kier molecular flexibility index (Phi) is 7.16. The third-order valence-corrected chi connectivity index (χ3v) is 7.04. The highest BCUT2D eigenvalue weighted by atomic mass is 35.5. The highest BCUT2D eigenvalue weighted by Crippen LogP contribution is 2.31. The Bertz CT molecular complexity index is 1430. The predicted molar refractivity (Wildman–Crippen MR) is 141 cm³/mol. The summed E-state index contributed by atoms with van der Waals surface area (Å²) in [4.78, 5) is 22.1. The summed E-state index contributed by atoms with van der Waals surface area (Å²) in [6, 6.07) is 13.5. The number of aryl methyl sites for hydroxylation is 2. The van der Waals surface area contributed by atoms with Crippen molar-refractivity contribution in [1.82, 2.24) is 14.4 Å². The number of benzene rings is 2. The topological polar surface area (TPSA) is 76.7 Å². The first-order chi connectivity index (χ1) is 17.5. The molecule has 2 aromatic heterocycles. The van der Waals surface area contributed by atoms with Crippen LogP contribution in [0.15, 0.2) is 72.7 Å². The molecule has 4 aromatic rings. The van der Waals surface area contributed by atoms with E-state index >= 15 is 0 Å². The van der Waals surface area contributed by atoms with Gasteiger partial charge in [0.1, 0.15) is 5.75 Å². The van der Waals surface area contributed by atoms with Crippen LogP contribution in [0, 0.1) is 0 Å². The van der Waals surface area contributed by atoms with Crippen molar-refractivity contribution in [2.24, 2.45) is 0 Å². The van der Waals surface area contributed by atoms with E-state index in [4.69, 9.17) is 16.3 Å². The number of allylic oxidation sites excluding steroid dienone is 2. The number of Topliss-reactive ketones (excluding diaryl/α,β-unsaturated/α-hetero) is 1. The molecule has 1 unspecified atom stereocenters. The molecule has 1 aliphatic rings. The molecule has 5 rings (SSSR count). The second kappa shape index (κ2) is 10.6. The number of fused-ring (bicyclic) bond motifs is 1. The van der Waals surface area contributed by atoms with Gasteiger partial charge in [0.15, 0.2) is 11.4 Å². The normalized spacial score (nSPS) is 16.0. The van der Waals surface area contributed by atoms with Crippen LogP contribution in [-0.2, 0) is 12.8 Å². The van der Waals surface area contributed by atoms with Crippen molar-refractivity contribution < 1.29 is 14.6 Å². The highest BCUT2D eigenvalue weighted by molar-refractivity contribution is 6.32. The Morgan fingerprint density at radius 1 is 1.14 bits per heavy atom. The number of rotatable bonds is 7. The van der Waals surface area contributed by atoms with Gasteiger partial charge in [0.2, 0.25) is 0 Å². The number of hydrogen-bond acceptors (Lipinski definition) is 5. The van der Waals surface area contributed by atoms with Gasteiger partial charge in [-0.05, 0) is 67.9 Å². The van der Waals surface area contributed by atoms with Crippen LogP contribution in [0.4, 0.5) is 0 Å². The summed E-state index contributed by atoms with van der Waals surface area (Å²) in [6.07, 6.45) is 11.5. The fourth-order valence-electron chi connectivity index (χ4n) is 4.68. The number of aliphatic hydroxyl groups is 1. The van der Waals surface area contributed by atoms with Crippen molar-refractivity contribution in [2.45, 2.75) is 44.6 Å². The molecule has 0 aliphatic heterocycles. The fraction of sp³-hybridized carbons (Fsp3) is 0.276. The largest absolute Gasteiger partial charge is 0.495 e. The molecule has 184 valence electrons. The molecule has 1 N–H and O–H groups in total. The third-order valence-electron chi connectivity index (χ3n) is 6.74. The van der Waals surface area contributed by atoms with Gasteiger partial charge in [-0.25, -0.2) is 4.98 Å². The first kappa shape index (κ1) is 24.2. The quantitative estimate of drug-likeness (QED) is 0.320. The minimum atomic E-state index is -0.313. The van der Waals surface area contributed by atoms with E-state index in [0.29, 0.717) is 29.2 Å². The van der Waals surface area contributed by atoms with Crippen LogP contribution in [0.3, 0.4) is 0 Å². The monoisotopic (exact) mass is 501 g/mol. The molecule has 2 heterocycles. The number of halogens is 1. The van der Waals surface area contributed by atoms with Gasteiger partial charge in [-0.3, -0.25) is 14.2 Å². The van der Waals surface area contributed by atoms with Gasteiger partial charge >= 0.3 is 0 Å². The van der Waals surface area contributed by atoms with E-state index in [-0.39, 0.29) is 11.9 Å². The summed E-state index contributed by atoms with van der Waals surface area (Å²) in [7, 11) is 1.60. The van der Waals surface area contributed by atoms with Gasteiger partial charge in [0.25, 0.3) is 0 Å². The molecule has 0 saturated heterocycles. The molecule has 1 aliphatic carbocycles. The first-order valence-corrected chi connectivity index (χ1v) is 12.6. The van der Waals surface area contributed by atoms with Gasteiger partial charge in [0, 0.05) is 23.5 Å². The molecule has 6 nitrogen and oxygen atoms in total. The molecule has 1 atom stereocenters. The van der Waals surface area contributed by atoms with Gasteiger partial charge in [-0.15, -0.1) is 0 Å². The zero-order valence-corrected chi connectivity index (χ0v) is 20.9. The van der Waals surface area contributed by atoms with E-state index in [1.807, 2.05) is 65.3 Å². The molecule has 36 heavy (non-hydrogen) atoms. The number of ether oxygens (including phenoxy) is 1. The standard InChI is InChI=1S/C29H28ClN3O3/c1-36-27-14-11-22(17-24(27)30)26-18-32-29-25(31-15-16-33(26)29)13-7-19-5-8-21(9-6-19)28(35)20-3-2-4-23(34)12-10-20/h3,5-6,8-9,11,14-18,23,34H,2,4,7,10,12-13H2,1H3. The van der Waals surface area contributed by atoms with Crippen LogP contribution in [0.1, 0.15) is 47.3 Å². The van der Waals surface area contributed by atoms with Gasteiger partial charge in [0.05, 0.1) is 35.8 Å². The van der Waals surface area contributed by atoms with Gasteiger partial charge in [-0.2, -0.15) is 0 Å². The van der Waals surface area contributed by atoms with Crippen molar-refractivity contribution in [3.05, 3.63) is 94.5 Å². The minimum absolute atomic E-state index is 0.0608. The summed E-state index contributed by atoms with van der Waals surface area (Å²) < 4.78 is 7.29. The molecule has 0 radical (unpaired) electrons.